The first-order valence-corrected chi connectivity index (χ1v) is 7.62. The number of rotatable bonds is 8. The number of nitrogens with one attached hydrogen (secondary N) is 1. The van der Waals surface area contributed by atoms with Crippen LogP contribution in [0.1, 0.15) is 23.5 Å². The Morgan fingerprint density at radius 2 is 2.28 bits per heavy atom. The van der Waals surface area contributed by atoms with E-state index in [1.807, 2.05) is 0 Å². The van der Waals surface area contributed by atoms with Gasteiger partial charge in [-0.05, 0) is 25.9 Å². The van der Waals surface area contributed by atoms with E-state index >= 15 is 0 Å². The summed E-state index contributed by atoms with van der Waals surface area (Å²) in [4.78, 5) is 7.20. The number of hydrogen-bond donors (Lipinski definition) is 1. The van der Waals surface area contributed by atoms with Gasteiger partial charge < -0.3 is 15.0 Å². The number of methoxy groups -OCH3 is 1. The fourth-order valence-corrected chi connectivity index (χ4v) is 2.98. The number of ether oxygens (including phenoxy) is 1. The SMILES string of the molecule is COCCNCc1csc(CCN2CCCC2)n1. The maximum atomic E-state index is 4.99. The Balaban J connectivity index is 1.65. The molecular weight excluding hydrogens is 246 g/mol. The zero-order valence-electron chi connectivity index (χ0n) is 11.2. The van der Waals surface area contributed by atoms with Crippen LogP contribution >= 0.6 is 11.3 Å². The van der Waals surface area contributed by atoms with Crippen molar-refractivity contribution in [3.8, 4) is 0 Å². The van der Waals surface area contributed by atoms with Gasteiger partial charge in [0, 0.05) is 38.5 Å². The molecule has 0 amide bonds. The summed E-state index contributed by atoms with van der Waals surface area (Å²) in [7, 11) is 1.72. The first-order chi connectivity index (χ1) is 8.88. The monoisotopic (exact) mass is 269 g/mol. The van der Waals surface area contributed by atoms with E-state index in [2.05, 4.69) is 20.6 Å². The summed E-state index contributed by atoms with van der Waals surface area (Å²) in [6.45, 7) is 6.21. The van der Waals surface area contributed by atoms with Crippen LogP contribution in [-0.2, 0) is 17.7 Å². The first-order valence-electron chi connectivity index (χ1n) is 6.74. The van der Waals surface area contributed by atoms with E-state index in [0.717, 1.165) is 31.8 Å². The Morgan fingerprint density at radius 1 is 1.44 bits per heavy atom. The van der Waals surface area contributed by atoms with Crippen LogP contribution in [0.25, 0.3) is 0 Å². The Bertz CT molecular complexity index is 337. The molecule has 102 valence electrons. The molecule has 1 aliphatic heterocycles. The third-order valence-corrected chi connectivity index (χ3v) is 4.19. The summed E-state index contributed by atoms with van der Waals surface area (Å²) in [6, 6.07) is 0. The third-order valence-electron chi connectivity index (χ3n) is 3.23. The smallest absolute Gasteiger partial charge is 0.0941 e. The van der Waals surface area contributed by atoms with Crippen molar-refractivity contribution in [2.24, 2.45) is 0 Å². The Hall–Kier alpha value is -0.490. The van der Waals surface area contributed by atoms with E-state index in [1.54, 1.807) is 18.4 Å². The lowest BCUT2D eigenvalue weighted by atomic mass is 10.4. The Kier molecular flexibility index (Phi) is 6.07. The van der Waals surface area contributed by atoms with Crippen LogP contribution in [0.5, 0.6) is 0 Å². The van der Waals surface area contributed by atoms with Crippen LogP contribution in [0, 0.1) is 0 Å². The highest BCUT2D eigenvalue weighted by Crippen LogP contribution is 2.13. The molecule has 0 aromatic carbocycles. The van der Waals surface area contributed by atoms with Crippen molar-refractivity contribution < 1.29 is 4.74 Å². The average Bonchev–Trinajstić information content (AvgIpc) is 3.03. The lowest BCUT2D eigenvalue weighted by Gasteiger charge is -2.12. The largest absolute Gasteiger partial charge is 0.383 e. The second-order valence-corrected chi connectivity index (χ2v) is 5.64. The highest BCUT2D eigenvalue weighted by Gasteiger charge is 2.11. The van der Waals surface area contributed by atoms with Gasteiger partial charge in [-0.2, -0.15) is 0 Å². The molecule has 0 radical (unpaired) electrons. The molecule has 1 saturated heterocycles. The zero-order valence-corrected chi connectivity index (χ0v) is 12.0. The Labute approximate surface area is 113 Å². The van der Waals surface area contributed by atoms with Crippen molar-refractivity contribution in [2.45, 2.75) is 25.8 Å². The molecule has 0 saturated carbocycles. The van der Waals surface area contributed by atoms with Gasteiger partial charge in [0.1, 0.15) is 0 Å². The molecule has 1 aliphatic rings. The second kappa shape index (κ2) is 7.84. The average molecular weight is 269 g/mol. The molecule has 1 aromatic heterocycles. The van der Waals surface area contributed by atoms with Gasteiger partial charge in [0.2, 0.25) is 0 Å². The topological polar surface area (TPSA) is 37.4 Å². The molecule has 1 fully saturated rings. The van der Waals surface area contributed by atoms with Crippen LogP contribution in [-0.4, -0.2) is 49.8 Å². The summed E-state index contributed by atoms with van der Waals surface area (Å²) in [5.74, 6) is 0. The summed E-state index contributed by atoms with van der Waals surface area (Å²) in [6.07, 6.45) is 3.84. The molecule has 2 heterocycles. The van der Waals surface area contributed by atoms with Crippen molar-refractivity contribution in [3.63, 3.8) is 0 Å². The predicted octanol–water partition coefficient (Wildman–Crippen LogP) is 1.52. The fraction of sp³-hybridized carbons (Fsp3) is 0.769. The van der Waals surface area contributed by atoms with Gasteiger partial charge in [-0.3, -0.25) is 0 Å². The van der Waals surface area contributed by atoms with Crippen molar-refractivity contribution in [1.82, 2.24) is 15.2 Å². The quantitative estimate of drug-likeness (QED) is 0.726. The summed E-state index contributed by atoms with van der Waals surface area (Å²) < 4.78 is 4.99. The maximum absolute atomic E-state index is 4.99. The van der Waals surface area contributed by atoms with E-state index in [4.69, 9.17) is 4.74 Å². The van der Waals surface area contributed by atoms with Crippen LogP contribution in [0.2, 0.25) is 0 Å². The lowest BCUT2D eigenvalue weighted by Crippen LogP contribution is -2.22. The second-order valence-electron chi connectivity index (χ2n) is 4.70. The van der Waals surface area contributed by atoms with E-state index in [-0.39, 0.29) is 0 Å². The number of aromatic nitrogens is 1. The standard InChI is InChI=1S/C13H23N3OS/c1-17-9-5-14-10-12-11-18-13(15-12)4-8-16-6-2-3-7-16/h11,14H,2-10H2,1H3. The molecule has 0 unspecified atom stereocenters. The van der Waals surface area contributed by atoms with Gasteiger partial charge >= 0.3 is 0 Å². The van der Waals surface area contributed by atoms with E-state index in [9.17, 15) is 0 Å². The van der Waals surface area contributed by atoms with Gasteiger partial charge in [0.25, 0.3) is 0 Å². The van der Waals surface area contributed by atoms with Crippen LogP contribution in [0.4, 0.5) is 0 Å². The number of thiazole rings is 1. The molecule has 0 aliphatic carbocycles. The van der Waals surface area contributed by atoms with Gasteiger partial charge in [0.05, 0.1) is 17.3 Å². The molecule has 5 heteroatoms. The highest BCUT2D eigenvalue weighted by molar-refractivity contribution is 7.09. The Morgan fingerprint density at radius 3 is 3.06 bits per heavy atom. The van der Waals surface area contributed by atoms with E-state index in [0.29, 0.717) is 0 Å². The minimum atomic E-state index is 0.756. The first kappa shape index (κ1) is 13.9. The predicted molar refractivity (Wildman–Crippen MR) is 75.1 cm³/mol. The van der Waals surface area contributed by atoms with Gasteiger partial charge in [-0.1, -0.05) is 0 Å². The summed E-state index contributed by atoms with van der Waals surface area (Å²) >= 11 is 1.79. The molecular formula is C13H23N3OS. The molecule has 1 aromatic rings. The molecule has 0 bridgehead atoms. The fourth-order valence-electron chi connectivity index (χ4n) is 2.20. The van der Waals surface area contributed by atoms with Crippen molar-refractivity contribution in [2.75, 3.05) is 39.9 Å². The van der Waals surface area contributed by atoms with E-state index in [1.165, 1.54) is 37.5 Å². The number of likely N-dealkylation sites (tertiary alicyclic amines) is 1. The minimum absolute atomic E-state index is 0.756. The molecule has 0 spiro atoms. The van der Waals surface area contributed by atoms with Gasteiger partial charge in [0.15, 0.2) is 0 Å². The molecule has 2 rings (SSSR count). The highest BCUT2D eigenvalue weighted by atomic mass is 32.1. The van der Waals surface area contributed by atoms with Crippen LogP contribution < -0.4 is 5.32 Å². The molecule has 18 heavy (non-hydrogen) atoms. The maximum Gasteiger partial charge on any atom is 0.0941 e. The van der Waals surface area contributed by atoms with Crippen molar-refractivity contribution >= 4 is 11.3 Å². The van der Waals surface area contributed by atoms with Crippen LogP contribution in [0.3, 0.4) is 0 Å². The number of hydrogen-bond acceptors (Lipinski definition) is 5. The minimum Gasteiger partial charge on any atom is -0.383 e. The third kappa shape index (κ3) is 4.65. The molecule has 0 atom stereocenters. The van der Waals surface area contributed by atoms with Crippen LogP contribution in [0.15, 0.2) is 5.38 Å². The summed E-state index contributed by atoms with van der Waals surface area (Å²) in [5.41, 5.74) is 1.16. The summed E-state index contributed by atoms with van der Waals surface area (Å²) in [5, 5.41) is 6.76. The number of nitrogens with zero attached hydrogens (tertiary/aromatic N) is 2. The van der Waals surface area contributed by atoms with Crippen molar-refractivity contribution in [1.29, 1.82) is 0 Å². The normalized spacial score (nSPS) is 16.5. The molecule has 4 nitrogen and oxygen atoms in total. The molecule has 1 N–H and O–H groups in total. The van der Waals surface area contributed by atoms with Crippen molar-refractivity contribution in [3.05, 3.63) is 16.1 Å². The van der Waals surface area contributed by atoms with E-state index < -0.39 is 0 Å². The zero-order chi connectivity index (χ0) is 12.6. The van der Waals surface area contributed by atoms with Gasteiger partial charge in [-0.15, -0.1) is 11.3 Å². The van der Waals surface area contributed by atoms with Gasteiger partial charge in [-0.25, -0.2) is 4.98 Å². The lowest BCUT2D eigenvalue weighted by molar-refractivity contribution is 0.199.